The Morgan fingerprint density at radius 3 is 2.50 bits per heavy atom. The highest BCUT2D eigenvalue weighted by Gasteiger charge is 2.64. The van der Waals surface area contributed by atoms with Gasteiger partial charge in [-0.05, 0) is 97.5 Å². The highest BCUT2D eigenvalue weighted by molar-refractivity contribution is 6.63. The quantitative estimate of drug-likeness (QED) is 0.684. The molecule has 0 saturated heterocycles. The van der Waals surface area contributed by atoms with Crippen LogP contribution in [0.3, 0.4) is 0 Å². The monoisotopic (exact) mass is 352 g/mol. The molecule has 1 unspecified atom stereocenters. The minimum absolute atomic E-state index is 0.115. The minimum Gasteiger partial charge on any atom is -0.389 e. The Morgan fingerprint density at radius 1 is 1.00 bits per heavy atom. The Hall–Kier alpha value is -0.0800. The molecule has 1 N–H and O–H groups in total. The fraction of sp³-hybridized carbons (Fsp3) is 0.952. The molecule has 0 heterocycles. The third-order valence-electron chi connectivity index (χ3n) is 9.34. The van der Waals surface area contributed by atoms with Crippen LogP contribution in [0.25, 0.3) is 0 Å². The molecular weight excluding hydrogens is 320 g/mol. The van der Waals surface area contributed by atoms with Gasteiger partial charge >= 0.3 is 0 Å². The first-order valence-corrected chi connectivity index (χ1v) is 10.6. The van der Waals surface area contributed by atoms with Gasteiger partial charge in [0.2, 0.25) is 5.24 Å². The van der Waals surface area contributed by atoms with Gasteiger partial charge in [0.1, 0.15) is 0 Å². The number of halogens is 1. The number of hydrogen-bond acceptors (Lipinski definition) is 2. The zero-order valence-electron chi connectivity index (χ0n) is 15.3. The third-order valence-corrected chi connectivity index (χ3v) is 9.47. The Labute approximate surface area is 151 Å². The van der Waals surface area contributed by atoms with Gasteiger partial charge in [-0.15, -0.1) is 0 Å². The summed E-state index contributed by atoms with van der Waals surface area (Å²) >= 11 is 5.69. The zero-order chi connectivity index (χ0) is 17.2. The summed E-state index contributed by atoms with van der Waals surface area (Å²) in [7, 11) is 0. The summed E-state index contributed by atoms with van der Waals surface area (Å²) in [6.45, 7) is 4.84. The molecule has 24 heavy (non-hydrogen) atoms. The minimum atomic E-state index is -0.869. The number of hydrogen-bond donors (Lipinski definition) is 1. The standard InChI is InChI=1S/C21H33ClO2/c1-19-10-4-3-5-14(19)6-7-15-16(19)8-11-20(2)17(15)9-12-21(20,24)13-18(22)23/h14-17,24H,3-13H2,1-2H3/t14?,15-,16+,17+,19+,20+,21+/m1/s1. The topological polar surface area (TPSA) is 37.3 Å². The van der Waals surface area contributed by atoms with Gasteiger partial charge in [-0.3, -0.25) is 4.79 Å². The molecule has 0 bridgehead atoms. The molecule has 4 aliphatic carbocycles. The van der Waals surface area contributed by atoms with Crippen LogP contribution in [0, 0.1) is 34.5 Å². The van der Waals surface area contributed by atoms with Crippen LogP contribution in [0.4, 0.5) is 0 Å². The van der Waals surface area contributed by atoms with Crippen LogP contribution in [0.1, 0.15) is 84.5 Å². The van der Waals surface area contributed by atoms with Crippen molar-refractivity contribution in [1.29, 1.82) is 0 Å². The molecule has 0 aromatic carbocycles. The molecule has 4 rings (SSSR count). The Morgan fingerprint density at radius 2 is 1.75 bits per heavy atom. The van der Waals surface area contributed by atoms with E-state index < -0.39 is 5.60 Å². The van der Waals surface area contributed by atoms with Crippen molar-refractivity contribution in [1.82, 2.24) is 0 Å². The lowest BCUT2D eigenvalue weighted by Crippen LogP contribution is -2.56. The first-order chi connectivity index (χ1) is 11.3. The average molecular weight is 353 g/mol. The van der Waals surface area contributed by atoms with E-state index in [0.717, 1.165) is 37.0 Å². The van der Waals surface area contributed by atoms with Crippen LogP contribution in [0.5, 0.6) is 0 Å². The van der Waals surface area contributed by atoms with E-state index in [2.05, 4.69) is 13.8 Å². The number of carbonyl (C=O) groups excluding carboxylic acids is 1. The molecule has 0 amide bonds. The lowest BCUT2D eigenvalue weighted by Gasteiger charge is -2.61. The molecule has 0 radical (unpaired) electrons. The van der Waals surface area contributed by atoms with E-state index in [0.29, 0.717) is 11.3 Å². The molecule has 4 aliphatic rings. The maximum Gasteiger partial charge on any atom is 0.224 e. The Bertz CT molecular complexity index is 534. The van der Waals surface area contributed by atoms with Crippen LogP contribution in [-0.4, -0.2) is 16.0 Å². The fourth-order valence-corrected chi connectivity index (χ4v) is 8.15. The van der Waals surface area contributed by atoms with Gasteiger partial charge in [0.25, 0.3) is 0 Å². The van der Waals surface area contributed by atoms with Gasteiger partial charge in [0, 0.05) is 0 Å². The summed E-state index contributed by atoms with van der Waals surface area (Å²) < 4.78 is 0. The van der Waals surface area contributed by atoms with Gasteiger partial charge in [-0.2, -0.15) is 0 Å². The van der Waals surface area contributed by atoms with E-state index in [9.17, 15) is 9.90 Å². The number of rotatable bonds is 2. The molecule has 4 saturated carbocycles. The normalized spacial score (nSPS) is 53.8. The van der Waals surface area contributed by atoms with Crippen molar-refractivity contribution in [3.8, 4) is 0 Å². The molecule has 0 aliphatic heterocycles. The third kappa shape index (κ3) is 2.28. The summed E-state index contributed by atoms with van der Waals surface area (Å²) in [5.74, 6) is 3.10. The second-order valence-corrected chi connectivity index (χ2v) is 10.4. The van der Waals surface area contributed by atoms with Crippen molar-refractivity contribution in [3.63, 3.8) is 0 Å². The van der Waals surface area contributed by atoms with E-state index in [4.69, 9.17) is 11.6 Å². The maximum absolute atomic E-state index is 11.5. The fourth-order valence-electron chi connectivity index (χ4n) is 7.93. The summed E-state index contributed by atoms with van der Waals surface area (Å²) in [5.41, 5.74) is -0.451. The number of aliphatic hydroxyl groups is 1. The SMILES string of the molecule is C[C@]12CCCCC1CC[C@@H]1[C@@H]2CC[C@@]2(C)[C@H]1CC[C@]2(O)CC(=O)Cl. The molecule has 136 valence electrons. The summed E-state index contributed by atoms with van der Waals surface area (Å²) in [5, 5.41) is 10.9. The lowest BCUT2D eigenvalue weighted by atomic mass is 9.44. The predicted molar refractivity (Wildman–Crippen MR) is 96.8 cm³/mol. The van der Waals surface area contributed by atoms with Gasteiger partial charge in [-0.1, -0.05) is 26.7 Å². The van der Waals surface area contributed by atoms with E-state index >= 15 is 0 Å². The first kappa shape index (κ1) is 17.3. The summed E-state index contributed by atoms with van der Waals surface area (Å²) in [6.07, 6.45) is 12.7. The molecule has 0 spiro atoms. The highest BCUT2D eigenvalue weighted by atomic mass is 35.5. The largest absolute Gasteiger partial charge is 0.389 e. The Kier molecular flexibility index (Phi) is 4.12. The second-order valence-electron chi connectivity index (χ2n) is 9.96. The molecule has 7 atom stereocenters. The van der Waals surface area contributed by atoms with Crippen molar-refractivity contribution in [2.24, 2.45) is 34.5 Å². The van der Waals surface area contributed by atoms with Gasteiger partial charge in [-0.25, -0.2) is 0 Å². The average Bonchev–Trinajstić information content (AvgIpc) is 2.77. The summed E-state index contributed by atoms with van der Waals surface area (Å²) in [4.78, 5) is 11.5. The van der Waals surface area contributed by atoms with E-state index in [-0.39, 0.29) is 17.1 Å². The predicted octanol–water partition coefficient (Wildman–Crippen LogP) is 5.31. The van der Waals surface area contributed by atoms with E-state index in [1.807, 2.05) is 0 Å². The number of fused-ring (bicyclic) bond motifs is 5. The van der Waals surface area contributed by atoms with E-state index in [1.54, 1.807) is 0 Å². The van der Waals surface area contributed by atoms with Gasteiger partial charge < -0.3 is 5.11 Å². The zero-order valence-corrected chi connectivity index (χ0v) is 16.1. The molecule has 2 nitrogen and oxygen atoms in total. The van der Waals surface area contributed by atoms with E-state index in [1.165, 1.54) is 44.9 Å². The maximum atomic E-state index is 11.5. The first-order valence-electron chi connectivity index (χ1n) is 10.2. The second kappa shape index (κ2) is 5.71. The van der Waals surface area contributed by atoms with Crippen LogP contribution in [0.2, 0.25) is 0 Å². The molecule has 0 aromatic rings. The van der Waals surface area contributed by atoms with Crippen molar-refractivity contribution in [2.75, 3.05) is 0 Å². The Balaban J connectivity index is 1.63. The molecule has 3 heteroatoms. The summed E-state index contributed by atoms with van der Waals surface area (Å²) in [6, 6.07) is 0. The van der Waals surface area contributed by atoms with Crippen LogP contribution < -0.4 is 0 Å². The van der Waals surface area contributed by atoms with Crippen LogP contribution in [0.15, 0.2) is 0 Å². The van der Waals surface area contributed by atoms with Gasteiger partial charge in [0.05, 0.1) is 12.0 Å². The van der Waals surface area contributed by atoms with Crippen LogP contribution >= 0.6 is 11.6 Å². The molecular formula is C21H33ClO2. The van der Waals surface area contributed by atoms with Crippen molar-refractivity contribution < 1.29 is 9.90 Å². The molecule has 4 fully saturated rings. The van der Waals surface area contributed by atoms with Crippen molar-refractivity contribution in [2.45, 2.75) is 90.1 Å². The smallest absolute Gasteiger partial charge is 0.224 e. The number of carbonyl (C=O) groups is 1. The van der Waals surface area contributed by atoms with Crippen molar-refractivity contribution >= 4 is 16.8 Å². The van der Waals surface area contributed by atoms with Gasteiger partial charge in [0.15, 0.2) is 0 Å². The molecule has 0 aromatic heterocycles. The van der Waals surface area contributed by atoms with Crippen LogP contribution in [-0.2, 0) is 4.79 Å². The van der Waals surface area contributed by atoms with Crippen molar-refractivity contribution in [3.05, 3.63) is 0 Å². The highest BCUT2D eigenvalue weighted by Crippen LogP contribution is 2.68. The lowest BCUT2D eigenvalue weighted by molar-refractivity contribution is -0.156.